The van der Waals surface area contributed by atoms with Crippen molar-refractivity contribution in [2.24, 2.45) is 0 Å². The number of rotatable bonds is 6. The number of carbonyl (C=O) groups excluding carboxylic acids is 1. The number of aliphatic hydroxyl groups excluding tert-OH is 1. The Morgan fingerprint density at radius 3 is 2.59 bits per heavy atom. The van der Waals surface area contributed by atoms with Crippen LogP contribution in [0.4, 0.5) is 0 Å². The largest absolute Gasteiger partial charge is 0.487 e. The summed E-state index contributed by atoms with van der Waals surface area (Å²) in [5.41, 5.74) is 1.58. The second-order valence-corrected chi connectivity index (χ2v) is 5.17. The van der Waals surface area contributed by atoms with Crippen LogP contribution in [-0.2, 0) is 16.1 Å². The molecule has 0 aliphatic heterocycles. The minimum atomic E-state index is -0.951. The third-order valence-corrected chi connectivity index (χ3v) is 3.46. The van der Waals surface area contributed by atoms with Crippen LogP contribution >= 0.6 is 11.6 Å². The quantitative estimate of drug-likeness (QED) is 0.827. The molecule has 2 rings (SSSR count). The van der Waals surface area contributed by atoms with Crippen LogP contribution in [-0.4, -0.2) is 18.2 Å². The van der Waals surface area contributed by atoms with Gasteiger partial charge in [-0.2, -0.15) is 0 Å². The van der Waals surface area contributed by atoms with Crippen molar-refractivity contribution in [1.82, 2.24) is 0 Å². The molecule has 0 fully saturated rings. The summed E-state index contributed by atoms with van der Waals surface area (Å²) in [6.07, 6.45) is -1.06. The number of halogens is 1. The third kappa shape index (κ3) is 4.48. The fourth-order valence-electron chi connectivity index (χ4n) is 1.94. The van der Waals surface area contributed by atoms with E-state index in [1.165, 1.54) is 7.11 Å². The van der Waals surface area contributed by atoms with Gasteiger partial charge < -0.3 is 14.6 Å². The Hall–Kier alpha value is -2.04. The summed E-state index contributed by atoms with van der Waals surface area (Å²) in [5.74, 6) is 0.0487. The summed E-state index contributed by atoms with van der Waals surface area (Å²) in [5, 5.41) is 10.3. The van der Waals surface area contributed by atoms with Gasteiger partial charge in [0, 0.05) is 0 Å². The summed E-state index contributed by atoms with van der Waals surface area (Å²) in [6.45, 7) is 0.407. The van der Waals surface area contributed by atoms with Gasteiger partial charge in [-0.25, -0.2) is 0 Å². The molecule has 0 aliphatic carbocycles. The molecular formula is C17H17ClO4. The highest BCUT2D eigenvalue weighted by Gasteiger charge is 2.15. The molecule has 5 heteroatoms. The SMILES string of the molecule is COC(=O)C[C@H](O)c1ccc(OCc2ccccc2)c(Cl)c1. The van der Waals surface area contributed by atoms with E-state index in [1.807, 2.05) is 30.3 Å². The summed E-state index contributed by atoms with van der Waals surface area (Å²) in [4.78, 5) is 11.2. The van der Waals surface area contributed by atoms with Crippen molar-refractivity contribution in [3.05, 3.63) is 64.7 Å². The van der Waals surface area contributed by atoms with Gasteiger partial charge in [0.1, 0.15) is 12.4 Å². The summed E-state index contributed by atoms with van der Waals surface area (Å²) in [6, 6.07) is 14.7. The number of aliphatic hydroxyl groups is 1. The van der Waals surface area contributed by atoms with Crippen molar-refractivity contribution in [3.63, 3.8) is 0 Å². The van der Waals surface area contributed by atoms with Crippen LogP contribution in [0.15, 0.2) is 48.5 Å². The fourth-order valence-corrected chi connectivity index (χ4v) is 2.18. The van der Waals surface area contributed by atoms with Crippen molar-refractivity contribution in [2.75, 3.05) is 7.11 Å². The number of hydrogen-bond donors (Lipinski definition) is 1. The average Bonchev–Trinajstić information content (AvgIpc) is 2.54. The number of carbonyl (C=O) groups is 1. The molecule has 22 heavy (non-hydrogen) atoms. The Morgan fingerprint density at radius 2 is 1.95 bits per heavy atom. The molecular weight excluding hydrogens is 304 g/mol. The number of hydrogen-bond acceptors (Lipinski definition) is 4. The van der Waals surface area contributed by atoms with Crippen LogP contribution in [0.25, 0.3) is 0 Å². The summed E-state index contributed by atoms with van der Waals surface area (Å²) in [7, 11) is 1.28. The lowest BCUT2D eigenvalue weighted by molar-refractivity contribution is -0.142. The molecule has 1 N–H and O–H groups in total. The van der Waals surface area contributed by atoms with Gasteiger partial charge in [-0.3, -0.25) is 4.79 Å². The number of esters is 1. The van der Waals surface area contributed by atoms with Gasteiger partial charge in [0.15, 0.2) is 0 Å². The molecule has 0 bridgehead atoms. The summed E-state index contributed by atoms with van der Waals surface area (Å²) < 4.78 is 10.2. The molecule has 4 nitrogen and oxygen atoms in total. The van der Waals surface area contributed by atoms with E-state index in [9.17, 15) is 9.90 Å². The highest BCUT2D eigenvalue weighted by molar-refractivity contribution is 6.32. The molecule has 0 aliphatic rings. The number of benzene rings is 2. The summed E-state index contributed by atoms with van der Waals surface area (Å²) >= 11 is 6.16. The van der Waals surface area contributed by atoms with Crippen molar-refractivity contribution < 1.29 is 19.4 Å². The van der Waals surface area contributed by atoms with Gasteiger partial charge in [0.05, 0.1) is 24.7 Å². The van der Waals surface area contributed by atoms with Gasteiger partial charge >= 0.3 is 5.97 Å². The molecule has 2 aromatic rings. The predicted molar refractivity (Wildman–Crippen MR) is 83.8 cm³/mol. The van der Waals surface area contributed by atoms with Crippen molar-refractivity contribution >= 4 is 17.6 Å². The molecule has 0 amide bonds. The minimum Gasteiger partial charge on any atom is -0.487 e. The second kappa shape index (κ2) is 7.82. The molecule has 116 valence electrons. The monoisotopic (exact) mass is 320 g/mol. The van der Waals surface area contributed by atoms with Crippen molar-refractivity contribution in [2.45, 2.75) is 19.1 Å². The van der Waals surface area contributed by atoms with Crippen LogP contribution in [0.2, 0.25) is 5.02 Å². The van der Waals surface area contributed by atoms with E-state index in [0.29, 0.717) is 22.9 Å². The lowest BCUT2D eigenvalue weighted by Crippen LogP contribution is -2.08. The standard InChI is InChI=1S/C17H17ClO4/c1-21-17(20)10-15(19)13-7-8-16(14(18)9-13)22-11-12-5-3-2-4-6-12/h2-9,15,19H,10-11H2,1H3/t15-/m0/s1. The van der Waals surface area contributed by atoms with E-state index < -0.39 is 12.1 Å². The van der Waals surface area contributed by atoms with Gasteiger partial charge in [-0.05, 0) is 23.3 Å². The van der Waals surface area contributed by atoms with Gasteiger partial charge in [-0.15, -0.1) is 0 Å². The van der Waals surface area contributed by atoms with Crippen LogP contribution < -0.4 is 4.74 Å². The Bertz CT molecular complexity index is 628. The van der Waals surface area contributed by atoms with E-state index in [-0.39, 0.29) is 6.42 Å². The normalized spacial score (nSPS) is 11.8. The molecule has 1 atom stereocenters. The van der Waals surface area contributed by atoms with E-state index in [0.717, 1.165) is 5.56 Å². The Kier molecular flexibility index (Phi) is 5.81. The minimum absolute atomic E-state index is 0.114. The van der Waals surface area contributed by atoms with E-state index in [1.54, 1.807) is 18.2 Å². The molecule has 0 saturated carbocycles. The first-order chi connectivity index (χ1) is 10.6. The maximum atomic E-state index is 11.2. The number of ether oxygens (including phenoxy) is 2. The third-order valence-electron chi connectivity index (χ3n) is 3.17. The lowest BCUT2D eigenvalue weighted by Gasteiger charge is -2.13. The molecule has 0 radical (unpaired) electrons. The maximum absolute atomic E-state index is 11.2. The zero-order chi connectivity index (χ0) is 15.9. The molecule has 0 saturated heterocycles. The van der Waals surface area contributed by atoms with Crippen LogP contribution in [0.1, 0.15) is 23.7 Å². The first-order valence-corrected chi connectivity index (χ1v) is 7.19. The Labute approximate surface area is 134 Å². The zero-order valence-corrected chi connectivity index (χ0v) is 12.9. The Balaban J connectivity index is 2.01. The molecule has 0 heterocycles. The molecule has 2 aromatic carbocycles. The van der Waals surface area contributed by atoms with E-state index in [2.05, 4.69) is 4.74 Å². The first kappa shape index (κ1) is 16.3. The first-order valence-electron chi connectivity index (χ1n) is 6.81. The topological polar surface area (TPSA) is 55.8 Å². The highest BCUT2D eigenvalue weighted by Crippen LogP contribution is 2.29. The van der Waals surface area contributed by atoms with Gasteiger partial charge in [0.2, 0.25) is 0 Å². The van der Waals surface area contributed by atoms with Crippen LogP contribution in [0.5, 0.6) is 5.75 Å². The maximum Gasteiger partial charge on any atom is 0.308 e. The Morgan fingerprint density at radius 1 is 1.23 bits per heavy atom. The zero-order valence-electron chi connectivity index (χ0n) is 12.2. The van der Waals surface area contributed by atoms with Gasteiger partial charge in [-0.1, -0.05) is 48.0 Å². The van der Waals surface area contributed by atoms with Crippen LogP contribution in [0, 0.1) is 0 Å². The number of methoxy groups -OCH3 is 1. The average molecular weight is 321 g/mol. The van der Waals surface area contributed by atoms with Crippen molar-refractivity contribution in [1.29, 1.82) is 0 Å². The smallest absolute Gasteiger partial charge is 0.308 e. The van der Waals surface area contributed by atoms with Crippen LogP contribution in [0.3, 0.4) is 0 Å². The second-order valence-electron chi connectivity index (χ2n) is 4.76. The van der Waals surface area contributed by atoms with Gasteiger partial charge in [0.25, 0.3) is 0 Å². The molecule has 0 aromatic heterocycles. The predicted octanol–water partition coefficient (Wildman–Crippen LogP) is 3.52. The highest BCUT2D eigenvalue weighted by atomic mass is 35.5. The molecule has 0 spiro atoms. The van der Waals surface area contributed by atoms with Crippen molar-refractivity contribution in [3.8, 4) is 5.75 Å². The van der Waals surface area contributed by atoms with E-state index in [4.69, 9.17) is 16.3 Å². The fraction of sp³-hybridized carbons (Fsp3) is 0.235. The lowest BCUT2D eigenvalue weighted by atomic mass is 10.1. The van der Waals surface area contributed by atoms with E-state index >= 15 is 0 Å². The molecule has 0 unspecified atom stereocenters.